The number of phosphoric ester groups is 2. The van der Waals surface area contributed by atoms with Crippen LogP contribution in [0.2, 0.25) is 0 Å². The van der Waals surface area contributed by atoms with E-state index in [9.17, 15) is 43.5 Å². The number of allylic oxidation sites excluding steroid dienone is 26. The van der Waals surface area contributed by atoms with E-state index in [-0.39, 0.29) is 19.3 Å². The van der Waals surface area contributed by atoms with Gasteiger partial charge in [-0.05, 0) is 148 Å². The topological polar surface area (TPSA) is 231 Å². The summed E-state index contributed by atoms with van der Waals surface area (Å²) in [5, 5.41) is 20.7. The van der Waals surface area contributed by atoms with Crippen molar-refractivity contribution in [3.63, 3.8) is 0 Å². The van der Waals surface area contributed by atoms with Gasteiger partial charge in [-0.3, -0.25) is 32.5 Å². The quantitative estimate of drug-likeness (QED) is 0.0146. The molecule has 0 aromatic rings. The van der Waals surface area contributed by atoms with Gasteiger partial charge in [-0.25, -0.2) is 9.13 Å². The van der Waals surface area contributed by atoms with Gasteiger partial charge in [0.25, 0.3) is 0 Å². The summed E-state index contributed by atoms with van der Waals surface area (Å²) in [6.07, 6.45) is 116. The highest BCUT2D eigenvalue weighted by molar-refractivity contribution is 7.47. The average molecular weight is 1680 g/mol. The van der Waals surface area contributed by atoms with E-state index in [1.807, 2.05) is 0 Å². The van der Waals surface area contributed by atoms with Crippen molar-refractivity contribution in [2.45, 2.75) is 411 Å². The van der Waals surface area contributed by atoms with E-state index in [1.54, 1.807) is 0 Å². The van der Waals surface area contributed by atoms with Crippen molar-refractivity contribution >= 4 is 33.6 Å². The lowest BCUT2D eigenvalue weighted by molar-refractivity contribution is -0.161. The van der Waals surface area contributed by atoms with Crippen LogP contribution in [0.15, 0.2) is 158 Å². The second kappa shape index (κ2) is 90.4. The zero-order valence-corrected chi connectivity index (χ0v) is 75.9. The first kappa shape index (κ1) is 112. The first-order valence-corrected chi connectivity index (χ1v) is 49.8. The number of carbonyl (C=O) groups excluding carboxylic acids is 3. The molecule has 0 aliphatic rings. The van der Waals surface area contributed by atoms with Gasteiger partial charge >= 0.3 is 33.6 Å². The maximum absolute atomic E-state index is 13.0. The van der Waals surface area contributed by atoms with Crippen LogP contribution in [0.4, 0.5) is 0 Å². The van der Waals surface area contributed by atoms with Gasteiger partial charge in [0.15, 0.2) is 6.10 Å². The number of rotatable bonds is 88. The Morgan fingerprint density at radius 3 is 0.718 bits per heavy atom. The van der Waals surface area contributed by atoms with Crippen molar-refractivity contribution in [2.24, 2.45) is 0 Å². The van der Waals surface area contributed by atoms with Crippen molar-refractivity contribution in [1.29, 1.82) is 0 Å². The first-order chi connectivity index (χ1) is 57.2. The molecule has 18 heteroatoms. The van der Waals surface area contributed by atoms with Crippen molar-refractivity contribution in [2.75, 3.05) is 39.6 Å². The molecule has 117 heavy (non-hydrogen) atoms. The number of hydrogen-bond acceptors (Lipinski definition) is 14. The summed E-state index contributed by atoms with van der Waals surface area (Å²) >= 11 is 0. The van der Waals surface area contributed by atoms with Gasteiger partial charge in [0, 0.05) is 19.3 Å². The molecule has 0 spiro atoms. The third-order valence-corrected chi connectivity index (χ3v) is 21.6. The summed E-state index contributed by atoms with van der Waals surface area (Å²) in [6.45, 7) is 2.46. The fraction of sp³-hybridized carbons (Fsp3) is 0.707. The lowest BCUT2D eigenvalue weighted by atomic mass is 10.0. The molecule has 0 aliphatic heterocycles. The number of hydrogen-bond donors (Lipinski definition) is 4. The predicted molar refractivity (Wildman–Crippen MR) is 491 cm³/mol. The molecule has 0 rings (SSSR count). The largest absolute Gasteiger partial charge is 0.472 e. The summed E-state index contributed by atoms with van der Waals surface area (Å²) < 4.78 is 61.4. The molecule has 0 aliphatic carbocycles. The molecule has 0 radical (unpaired) electrons. The molecule has 672 valence electrons. The van der Waals surface area contributed by atoms with E-state index in [2.05, 4.69) is 179 Å². The van der Waals surface area contributed by atoms with Gasteiger partial charge in [0.2, 0.25) is 0 Å². The van der Waals surface area contributed by atoms with Crippen LogP contribution < -0.4 is 0 Å². The Bertz CT molecular complexity index is 2760. The van der Waals surface area contributed by atoms with Crippen LogP contribution in [0, 0.1) is 0 Å². The van der Waals surface area contributed by atoms with Gasteiger partial charge in [-0.2, -0.15) is 0 Å². The summed E-state index contributed by atoms with van der Waals surface area (Å²) in [5.74, 6) is -1.58. The van der Waals surface area contributed by atoms with Crippen LogP contribution in [-0.4, -0.2) is 95.9 Å². The molecule has 5 unspecified atom stereocenters. The number of unbranched alkanes of at least 4 members (excludes halogenated alkanes) is 39. The predicted octanol–water partition coefficient (Wildman–Crippen LogP) is 28.9. The highest BCUT2D eigenvalue weighted by Gasteiger charge is 2.29. The molecule has 5 atom stereocenters. The normalized spacial score (nSPS) is 14.5. The summed E-state index contributed by atoms with van der Waals surface area (Å²) in [4.78, 5) is 58.9. The van der Waals surface area contributed by atoms with E-state index >= 15 is 0 Å². The Hall–Kier alpha value is -4.83. The molecule has 0 aromatic carbocycles. The molecule has 0 heterocycles. The fourth-order valence-electron chi connectivity index (χ4n) is 12.7. The van der Waals surface area contributed by atoms with Crippen LogP contribution in [0.3, 0.4) is 0 Å². The Balaban J connectivity index is 4.45. The van der Waals surface area contributed by atoms with Crippen LogP contribution in [0.1, 0.15) is 393 Å². The standard InChI is InChI=1S/C99H170O16P2/c1-4-7-10-13-16-19-22-25-28-30-32-34-36-38-40-42-44-46-48-50-52-54-56-58-60-62-65-67-70-73-76-79-82-85-97(102)109-88-94(100)89-111-116(105,106)112-90-95(101)91-113-117(107,108)114-93-96(115-99(104)87-84-81-78-75-72-69-64-27-24-21-18-15-12-9-6-3)92-110-98(103)86-83-80-77-74-71-68-66-63-61-59-57-55-53-51-49-47-45-43-41-39-37-35-33-31-29-26-23-20-17-14-11-8-5-2/h7-8,10-11,16-21,25-29,32-35,38-41,44,46,64,94-96,100-101H,4-6,9,12-15,22-24,30-31,36-37,42-43,45,47-63,65-93H2,1-3H3,(H,105,106)(H,107,108)/b10-7-,11-8-,19-16-,20-17-,21-18-,28-25-,29-26-,34-32-,35-33-,40-38-,41-39-,46-44-,64-27-. The maximum Gasteiger partial charge on any atom is 0.472 e. The Kier molecular flexibility index (Phi) is 86.7. The number of phosphoric acid groups is 2. The first-order valence-electron chi connectivity index (χ1n) is 46.8. The van der Waals surface area contributed by atoms with E-state index in [4.69, 9.17) is 32.3 Å². The summed E-state index contributed by atoms with van der Waals surface area (Å²) in [7, 11) is -9.81. The third-order valence-electron chi connectivity index (χ3n) is 19.7. The number of carbonyl (C=O) groups is 3. The van der Waals surface area contributed by atoms with E-state index in [0.29, 0.717) is 19.3 Å². The van der Waals surface area contributed by atoms with Gasteiger partial charge in [0.05, 0.1) is 26.4 Å². The molecule has 16 nitrogen and oxygen atoms in total. The minimum Gasteiger partial charge on any atom is -0.463 e. The minimum atomic E-state index is -4.94. The van der Waals surface area contributed by atoms with E-state index < -0.39 is 91.5 Å². The number of esters is 3. The molecule has 0 fully saturated rings. The van der Waals surface area contributed by atoms with E-state index in [0.717, 1.165) is 161 Å². The second-order valence-electron chi connectivity index (χ2n) is 31.0. The molecule has 0 amide bonds. The van der Waals surface area contributed by atoms with Crippen molar-refractivity contribution in [1.82, 2.24) is 0 Å². The zero-order chi connectivity index (χ0) is 85.1. The lowest BCUT2D eigenvalue weighted by Gasteiger charge is -2.21. The monoisotopic (exact) mass is 1680 g/mol. The fourth-order valence-corrected chi connectivity index (χ4v) is 14.3. The van der Waals surface area contributed by atoms with Gasteiger partial charge in [-0.15, -0.1) is 0 Å². The third kappa shape index (κ3) is 91.7. The van der Waals surface area contributed by atoms with Crippen LogP contribution in [-0.2, 0) is 55.8 Å². The average Bonchev–Trinajstić information content (AvgIpc) is 0.874. The van der Waals surface area contributed by atoms with Crippen molar-refractivity contribution in [3.05, 3.63) is 158 Å². The Morgan fingerprint density at radius 2 is 0.453 bits per heavy atom. The zero-order valence-electron chi connectivity index (χ0n) is 74.1. The van der Waals surface area contributed by atoms with Crippen LogP contribution in [0.25, 0.3) is 0 Å². The van der Waals surface area contributed by atoms with Gasteiger partial charge in [0.1, 0.15) is 25.4 Å². The Morgan fingerprint density at radius 1 is 0.248 bits per heavy atom. The number of aliphatic hydroxyl groups excluding tert-OH is 2. The van der Waals surface area contributed by atoms with Crippen molar-refractivity contribution in [3.8, 4) is 0 Å². The van der Waals surface area contributed by atoms with Crippen molar-refractivity contribution < 1.29 is 75.8 Å². The minimum absolute atomic E-state index is 0.0881. The molecule has 4 N–H and O–H groups in total. The highest BCUT2D eigenvalue weighted by atomic mass is 31.2. The molecule has 0 saturated heterocycles. The highest BCUT2D eigenvalue weighted by Crippen LogP contribution is 2.45. The molecule has 0 aromatic heterocycles. The van der Waals surface area contributed by atoms with E-state index in [1.165, 1.54) is 173 Å². The summed E-state index contributed by atoms with van der Waals surface area (Å²) in [5.41, 5.74) is 0. The van der Waals surface area contributed by atoms with Gasteiger partial charge in [-0.1, -0.05) is 384 Å². The Labute approximate surface area is 714 Å². The number of aliphatic hydroxyl groups is 2. The molecule has 0 bridgehead atoms. The van der Waals surface area contributed by atoms with Crippen LogP contribution >= 0.6 is 15.6 Å². The number of ether oxygens (including phenoxy) is 3. The second-order valence-corrected chi connectivity index (χ2v) is 34.0. The summed E-state index contributed by atoms with van der Waals surface area (Å²) in [6, 6.07) is 0. The smallest absolute Gasteiger partial charge is 0.463 e. The molecular weight excluding hydrogens is 1510 g/mol. The maximum atomic E-state index is 13.0. The SMILES string of the molecule is CC/C=C\C/C=C\C/C=C\C/C=C\C/C=C\C/C=C\CCCCCCCCCCCCCCCCC(=O)OCC(O)COP(=O)(O)OCC(O)COP(=O)(O)OCC(COC(=O)CCCCCCCCCCCCCCCCCCC/C=C\C/C=C\C/C=C\C/C=C\C/C=C\CC)OC(=O)CCCCCCC/C=C\C/C=C\CCCCC. The molecular formula is C99H170O16P2. The molecule has 0 saturated carbocycles. The van der Waals surface area contributed by atoms with Gasteiger partial charge < -0.3 is 34.2 Å². The lowest BCUT2D eigenvalue weighted by Crippen LogP contribution is -2.30. The van der Waals surface area contributed by atoms with Crippen LogP contribution in [0.5, 0.6) is 0 Å².